The van der Waals surface area contributed by atoms with Gasteiger partial charge in [0.05, 0.1) is 9.13 Å². The van der Waals surface area contributed by atoms with Gasteiger partial charge < -0.3 is 9.84 Å². The molecule has 2 rings (SSSR count). The minimum atomic E-state index is -0.945. The lowest BCUT2D eigenvalue weighted by Gasteiger charge is -2.14. The Bertz CT molecular complexity index is 669. The van der Waals surface area contributed by atoms with Gasteiger partial charge in [-0.2, -0.15) is 0 Å². The van der Waals surface area contributed by atoms with Crippen LogP contribution < -0.4 is 4.74 Å². The van der Waals surface area contributed by atoms with Crippen molar-refractivity contribution in [3.05, 3.63) is 61.7 Å². The smallest absolute Gasteiger partial charge is 0.335 e. The van der Waals surface area contributed by atoms with Gasteiger partial charge in [0.1, 0.15) is 12.4 Å². The van der Waals surface area contributed by atoms with Crippen molar-refractivity contribution in [2.24, 2.45) is 0 Å². The number of ether oxygens (including phenoxy) is 1. The number of aromatic carboxylic acids is 1. The molecule has 0 aliphatic heterocycles. The highest BCUT2D eigenvalue weighted by atomic mass is 127. The van der Waals surface area contributed by atoms with E-state index in [1.807, 2.05) is 0 Å². The summed E-state index contributed by atoms with van der Waals surface area (Å²) in [6, 6.07) is 9.17. The quantitative estimate of drug-likeness (QED) is 0.775. The molecule has 2 aromatic rings. The fourth-order valence-corrected chi connectivity index (χ4v) is 2.83. The van der Waals surface area contributed by atoms with E-state index in [9.17, 15) is 4.79 Å². The van der Waals surface area contributed by atoms with Crippen LogP contribution in [0, 0.1) is 24.3 Å². The molecule has 0 bridgehead atoms. The third-order valence-corrected chi connectivity index (χ3v) is 4.28. The Morgan fingerprint density at radius 3 is 2.33 bits per heavy atom. The van der Waals surface area contributed by atoms with Crippen molar-refractivity contribution in [1.29, 1.82) is 0 Å². The number of carbonyl (C=O) groups is 1. The lowest BCUT2D eigenvalue weighted by atomic mass is 10.0. The predicted octanol–water partition coefficient (Wildman–Crippen LogP) is 4.49. The summed E-state index contributed by atoms with van der Waals surface area (Å²) < 4.78 is 6.75. The van der Waals surface area contributed by atoms with Crippen LogP contribution >= 0.6 is 22.6 Å². The Morgan fingerprint density at radius 1 is 1.14 bits per heavy atom. The molecule has 2 aromatic carbocycles. The second-order valence-corrected chi connectivity index (χ2v) is 6.28. The number of hydrogen-bond donors (Lipinski definition) is 1. The standard InChI is InChI=1S/C17H17IO3/c1-10-6-11(2)14(12(3)7-10)9-21-16-8-13(17(19)20)4-5-15(16)18/h4-8H,9H2,1-3H3,(H,19,20). The number of carboxylic acids is 1. The maximum Gasteiger partial charge on any atom is 0.335 e. The van der Waals surface area contributed by atoms with E-state index in [0.29, 0.717) is 12.4 Å². The topological polar surface area (TPSA) is 46.5 Å². The van der Waals surface area contributed by atoms with Crippen LogP contribution in [0.1, 0.15) is 32.6 Å². The molecule has 1 N–H and O–H groups in total. The van der Waals surface area contributed by atoms with Gasteiger partial charge in [-0.1, -0.05) is 17.7 Å². The van der Waals surface area contributed by atoms with Crippen molar-refractivity contribution in [3.8, 4) is 5.75 Å². The maximum atomic E-state index is 11.0. The van der Waals surface area contributed by atoms with Crippen LogP contribution in [-0.2, 0) is 6.61 Å². The normalized spacial score (nSPS) is 10.5. The number of halogens is 1. The van der Waals surface area contributed by atoms with Crippen molar-refractivity contribution < 1.29 is 14.6 Å². The molecule has 0 heterocycles. The molecule has 0 aliphatic carbocycles. The van der Waals surface area contributed by atoms with Crippen LogP contribution in [0.5, 0.6) is 5.75 Å². The molecule has 0 aromatic heterocycles. The first kappa shape index (κ1) is 15.8. The minimum absolute atomic E-state index is 0.239. The summed E-state index contributed by atoms with van der Waals surface area (Å²) in [5.41, 5.74) is 5.00. The summed E-state index contributed by atoms with van der Waals surface area (Å²) in [6.45, 7) is 6.65. The molecular weight excluding hydrogens is 379 g/mol. The summed E-state index contributed by atoms with van der Waals surface area (Å²) in [5, 5.41) is 9.05. The molecule has 0 radical (unpaired) electrons. The van der Waals surface area contributed by atoms with Crippen LogP contribution in [-0.4, -0.2) is 11.1 Å². The summed E-state index contributed by atoms with van der Waals surface area (Å²) in [4.78, 5) is 11.0. The second-order valence-electron chi connectivity index (χ2n) is 5.12. The fraction of sp³-hybridized carbons (Fsp3) is 0.235. The monoisotopic (exact) mass is 396 g/mol. The van der Waals surface area contributed by atoms with Crippen LogP contribution in [0.25, 0.3) is 0 Å². The summed E-state index contributed by atoms with van der Waals surface area (Å²) >= 11 is 2.15. The molecule has 110 valence electrons. The minimum Gasteiger partial charge on any atom is -0.488 e. The molecule has 0 saturated carbocycles. The first-order valence-electron chi connectivity index (χ1n) is 6.61. The average molecular weight is 396 g/mol. The van der Waals surface area contributed by atoms with Gasteiger partial charge in [-0.3, -0.25) is 0 Å². The molecule has 0 unspecified atom stereocenters. The van der Waals surface area contributed by atoms with Crippen LogP contribution in [0.4, 0.5) is 0 Å². The van der Waals surface area contributed by atoms with E-state index < -0.39 is 5.97 Å². The summed E-state index contributed by atoms with van der Waals surface area (Å²) in [6.07, 6.45) is 0. The van der Waals surface area contributed by atoms with Gasteiger partial charge in [-0.05, 0) is 78.3 Å². The van der Waals surface area contributed by atoms with E-state index in [2.05, 4.69) is 55.5 Å². The number of benzene rings is 2. The fourth-order valence-electron chi connectivity index (χ4n) is 2.33. The van der Waals surface area contributed by atoms with Crippen LogP contribution in [0.3, 0.4) is 0 Å². The maximum absolute atomic E-state index is 11.0. The van der Waals surface area contributed by atoms with Crippen molar-refractivity contribution in [3.63, 3.8) is 0 Å². The molecule has 0 saturated heterocycles. The zero-order chi connectivity index (χ0) is 15.6. The largest absolute Gasteiger partial charge is 0.488 e. The van der Waals surface area contributed by atoms with Gasteiger partial charge in [-0.15, -0.1) is 0 Å². The van der Waals surface area contributed by atoms with Gasteiger partial charge in [0, 0.05) is 0 Å². The van der Waals surface area contributed by atoms with Crippen molar-refractivity contribution in [2.75, 3.05) is 0 Å². The van der Waals surface area contributed by atoms with E-state index in [1.165, 1.54) is 16.7 Å². The summed E-state index contributed by atoms with van der Waals surface area (Å²) in [5.74, 6) is -0.339. The van der Waals surface area contributed by atoms with E-state index in [1.54, 1.807) is 18.2 Å². The molecule has 0 aliphatic rings. The van der Waals surface area contributed by atoms with Gasteiger partial charge in [0.2, 0.25) is 0 Å². The predicted molar refractivity (Wildman–Crippen MR) is 91.1 cm³/mol. The van der Waals surface area contributed by atoms with Gasteiger partial charge >= 0.3 is 5.97 Å². The average Bonchev–Trinajstić information content (AvgIpc) is 2.39. The van der Waals surface area contributed by atoms with Crippen molar-refractivity contribution in [1.82, 2.24) is 0 Å². The Morgan fingerprint density at radius 2 is 1.76 bits per heavy atom. The number of carboxylic acid groups (broad SMARTS) is 1. The Balaban J connectivity index is 2.24. The third kappa shape index (κ3) is 3.75. The first-order chi connectivity index (χ1) is 9.88. The Kier molecular flexibility index (Phi) is 4.88. The van der Waals surface area contributed by atoms with E-state index in [0.717, 1.165) is 9.13 Å². The Labute approximate surface area is 138 Å². The highest BCUT2D eigenvalue weighted by Gasteiger charge is 2.10. The number of rotatable bonds is 4. The summed E-state index contributed by atoms with van der Waals surface area (Å²) in [7, 11) is 0. The van der Waals surface area contributed by atoms with Crippen molar-refractivity contribution in [2.45, 2.75) is 27.4 Å². The lowest BCUT2D eigenvalue weighted by molar-refractivity contribution is 0.0696. The van der Waals surface area contributed by atoms with Crippen LogP contribution in [0.2, 0.25) is 0 Å². The number of aryl methyl sites for hydroxylation is 3. The van der Waals surface area contributed by atoms with E-state index >= 15 is 0 Å². The van der Waals surface area contributed by atoms with E-state index in [-0.39, 0.29) is 5.56 Å². The molecular formula is C17H17IO3. The lowest BCUT2D eigenvalue weighted by Crippen LogP contribution is -2.04. The van der Waals surface area contributed by atoms with Gasteiger partial charge in [-0.25, -0.2) is 4.79 Å². The Hall–Kier alpha value is -1.56. The number of hydrogen-bond acceptors (Lipinski definition) is 2. The molecule has 0 atom stereocenters. The molecule has 0 spiro atoms. The zero-order valence-electron chi connectivity index (χ0n) is 12.2. The molecule has 21 heavy (non-hydrogen) atoms. The second kappa shape index (κ2) is 6.47. The first-order valence-corrected chi connectivity index (χ1v) is 7.68. The zero-order valence-corrected chi connectivity index (χ0v) is 14.4. The SMILES string of the molecule is Cc1cc(C)c(COc2cc(C(=O)O)ccc2I)c(C)c1. The highest BCUT2D eigenvalue weighted by molar-refractivity contribution is 14.1. The van der Waals surface area contributed by atoms with E-state index in [4.69, 9.17) is 9.84 Å². The molecule has 0 fully saturated rings. The third-order valence-electron chi connectivity index (χ3n) is 3.39. The van der Waals surface area contributed by atoms with Gasteiger partial charge in [0.25, 0.3) is 0 Å². The van der Waals surface area contributed by atoms with Crippen molar-refractivity contribution >= 4 is 28.6 Å². The van der Waals surface area contributed by atoms with Gasteiger partial charge in [0.15, 0.2) is 0 Å². The molecule has 0 amide bonds. The van der Waals surface area contributed by atoms with Crippen LogP contribution in [0.15, 0.2) is 30.3 Å². The molecule has 3 nitrogen and oxygen atoms in total. The molecule has 4 heteroatoms. The highest BCUT2D eigenvalue weighted by Crippen LogP contribution is 2.25.